The molecule has 0 aliphatic rings. The Balaban J connectivity index is 2.50. The van der Waals surface area contributed by atoms with Crippen LogP contribution in [-0.2, 0) is 4.79 Å². The first-order valence-corrected chi connectivity index (χ1v) is 6.75. The molecule has 0 bridgehead atoms. The van der Waals surface area contributed by atoms with Gasteiger partial charge in [0.1, 0.15) is 0 Å². The lowest BCUT2D eigenvalue weighted by atomic mass is 10.1. The smallest absolute Gasteiger partial charge is 0.221 e. The maximum Gasteiger partial charge on any atom is 0.221 e. The second-order valence-corrected chi connectivity index (χ2v) is 5.23. The monoisotopic (exact) mass is 269 g/mol. The van der Waals surface area contributed by atoms with E-state index in [1.54, 1.807) is 6.07 Å². The van der Waals surface area contributed by atoms with Gasteiger partial charge in [0.15, 0.2) is 0 Å². The van der Waals surface area contributed by atoms with E-state index in [-0.39, 0.29) is 11.3 Å². The number of nitrogens with one attached hydrogen (secondary N) is 1. The summed E-state index contributed by atoms with van der Waals surface area (Å²) in [6.45, 7) is 1.44. The SMILES string of the molecule is CC(=O)Nc1cccc2ccc3ccsc3c(=O)c12. The molecule has 0 saturated heterocycles. The summed E-state index contributed by atoms with van der Waals surface area (Å²) in [4.78, 5) is 23.9. The lowest BCUT2D eigenvalue weighted by Gasteiger charge is -2.03. The van der Waals surface area contributed by atoms with Crippen molar-refractivity contribution in [3.63, 3.8) is 0 Å². The fourth-order valence-electron chi connectivity index (χ4n) is 2.18. The van der Waals surface area contributed by atoms with Crippen LogP contribution in [0.1, 0.15) is 6.92 Å². The van der Waals surface area contributed by atoms with Crippen molar-refractivity contribution in [1.29, 1.82) is 0 Å². The number of thiophene rings is 1. The van der Waals surface area contributed by atoms with Gasteiger partial charge in [-0.25, -0.2) is 0 Å². The molecular weight excluding hydrogens is 258 g/mol. The van der Waals surface area contributed by atoms with Crippen LogP contribution in [0.2, 0.25) is 0 Å². The fraction of sp³-hybridized carbons (Fsp3) is 0.0667. The van der Waals surface area contributed by atoms with E-state index in [4.69, 9.17) is 0 Å². The normalized spacial score (nSPS) is 10.8. The van der Waals surface area contributed by atoms with Crippen LogP contribution in [-0.4, -0.2) is 5.91 Å². The van der Waals surface area contributed by atoms with Gasteiger partial charge in [-0.15, -0.1) is 11.3 Å². The zero-order valence-electron chi connectivity index (χ0n) is 10.3. The Morgan fingerprint density at radius 2 is 1.89 bits per heavy atom. The number of hydrogen-bond donors (Lipinski definition) is 1. The highest BCUT2D eigenvalue weighted by molar-refractivity contribution is 7.17. The Hall–Kier alpha value is -2.20. The Morgan fingerprint density at radius 1 is 1.11 bits per heavy atom. The molecule has 1 amide bonds. The highest BCUT2D eigenvalue weighted by Gasteiger charge is 2.08. The van der Waals surface area contributed by atoms with Gasteiger partial charge >= 0.3 is 0 Å². The lowest BCUT2D eigenvalue weighted by Crippen LogP contribution is -2.09. The molecule has 0 aliphatic heterocycles. The first kappa shape index (κ1) is 11.9. The predicted molar refractivity (Wildman–Crippen MR) is 79.9 cm³/mol. The molecule has 3 rings (SSSR count). The number of rotatable bonds is 1. The summed E-state index contributed by atoms with van der Waals surface area (Å²) in [5, 5.41) is 6.96. The molecule has 1 aromatic heterocycles. The molecule has 0 spiro atoms. The van der Waals surface area contributed by atoms with Crippen molar-refractivity contribution in [1.82, 2.24) is 0 Å². The molecule has 94 valence electrons. The molecule has 3 aromatic rings. The average molecular weight is 269 g/mol. The third kappa shape index (κ3) is 2.00. The quantitative estimate of drug-likeness (QED) is 0.736. The molecule has 0 fully saturated rings. The van der Waals surface area contributed by atoms with Crippen LogP contribution in [0.5, 0.6) is 0 Å². The zero-order valence-corrected chi connectivity index (χ0v) is 11.1. The van der Waals surface area contributed by atoms with E-state index in [1.165, 1.54) is 18.3 Å². The first-order chi connectivity index (χ1) is 9.16. The third-order valence-corrected chi connectivity index (χ3v) is 3.91. The number of benzene rings is 1. The largest absolute Gasteiger partial charge is 0.326 e. The lowest BCUT2D eigenvalue weighted by molar-refractivity contribution is -0.114. The third-order valence-electron chi connectivity index (χ3n) is 2.98. The standard InChI is InChI=1S/C15H11NO2S/c1-9(17)16-12-4-2-3-10-5-6-11-7-8-19-15(11)14(18)13(10)12/h2-8H,1H3,(H,16,17). The van der Waals surface area contributed by atoms with Crippen molar-refractivity contribution in [2.24, 2.45) is 0 Å². The summed E-state index contributed by atoms with van der Waals surface area (Å²) in [6.07, 6.45) is 0. The molecule has 0 radical (unpaired) electrons. The molecule has 4 heteroatoms. The van der Waals surface area contributed by atoms with E-state index in [0.29, 0.717) is 15.8 Å². The second kappa shape index (κ2) is 4.48. The Morgan fingerprint density at radius 3 is 2.68 bits per heavy atom. The topological polar surface area (TPSA) is 46.2 Å². The molecule has 19 heavy (non-hydrogen) atoms. The van der Waals surface area contributed by atoms with Gasteiger partial charge in [0.05, 0.1) is 15.8 Å². The van der Waals surface area contributed by atoms with Gasteiger partial charge in [0.2, 0.25) is 11.3 Å². The molecule has 0 aliphatic carbocycles. The van der Waals surface area contributed by atoms with E-state index >= 15 is 0 Å². The number of fused-ring (bicyclic) bond motifs is 2. The minimum Gasteiger partial charge on any atom is -0.326 e. The Labute approximate surface area is 113 Å². The minimum absolute atomic E-state index is 0.0330. The molecule has 1 N–H and O–H groups in total. The maximum atomic E-state index is 12.6. The Kier molecular flexibility index (Phi) is 2.80. The number of hydrogen-bond acceptors (Lipinski definition) is 3. The van der Waals surface area contributed by atoms with Gasteiger partial charge in [-0.05, 0) is 28.3 Å². The summed E-state index contributed by atoms with van der Waals surface area (Å²) in [5.74, 6) is -0.180. The van der Waals surface area contributed by atoms with Crippen molar-refractivity contribution in [3.8, 4) is 0 Å². The molecule has 0 saturated carbocycles. The molecule has 0 unspecified atom stereocenters. The van der Waals surface area contributed by atoms with E-state index < -0.39 is 0 Å². The van der Waals surface area contributed by atoms with Crippen LogP contribution in [0.25, 0.3) is 20.9 Å². The number of carbonyl (C=O) groups excluding carboxylic acids is 1. The van der Waals surface area contributed by atoms with Crippen molar-refractivity contribution in [2.75, 3.05) is 5.32 Å². The van der Waals surface area contributed by atoms with Crippen LogP contribution in [0, 0.1) is 0 Å². The fourth-order valence-corrected chi connectivity index (χ4v) is 3.02. The second-order valence-electron chi connectivity index (χ2n) is 4.32. The highest BCUT2D eigenvalue weighted by atomic mass is 32.1. The number of amides is 1. The van der Waals surface area contributed by atoms with Gasteiger partial charge < -0.3 is 5.32 Å². The summed E-state index contributed by atoms with van der Waals surface area (Å²) in [6, 6.07) is 11.2. The van der Waals surface area contributed by atoms with Crippen LogP contribution in [0.4, 0.5) is 5.69 Å². The van der Waals surface area contributed by atoms with E-state index in [2.05, 4.69) is 5.32 Å². The summed E-state index contributed by atoms with van der Waals surface area (Å²) >= 11 is 1.42. The summed E-state index contributed by atoms with van der Waals surface area (Å²) < 4.78 is 0.716. The van der Waals surface area contributed by atoms with E-state index in [1.807, 2.05) is 35.7 Å². The summed E-state index contributed by atoms with van der Waals surface area (Å²) in [5.41, 5.74) is 0.537. The first-order valence-electron chi connectivity index (χ1n) is 5.87. The minimum atomic E-state index is -0.180. The van der Waals surface area contributed by atoms with Crippen molar-refractivity contribution in [3.05, 3.63) is 52.0 Å². The summed E-state index contributed by atoms with van der Waals surface area (Å²) in [7, 11) is 0. The molecule has 3 nitrogen and oxygen atoms in total. The van der Waals surface area contributed by atoms with Gasteiger partial charge in [-0.1, -0.05) is 24.3 Å². The zero-order chi connectivity index (χ0) is 13.4. The van der Waals surface area contributed by atoms with Gasteiger partial charge in [-0.2, -0.15) is 0 Å². The van der Waals surface area contributed by atoms with Gasteiger partial charge in [-0.3, -0.25) is 9.59 Å². The molecular formula is C15H11NO2S. The van der Waals surface area contributed by atoms with Crippen LogP contribution < -0.4 is 10.7 Å². The predicted octanol–water partition coefficient (Wildman–Crippen LogP) is 3.37. The number of carbonyl (C=O) groups is 1. The van der Waals surface area contributed by atoms with Crippen molar-refractivity contribution < 1.29 is 4.79 Å². The average Bonchev–Trinajstić information content (AvgIpc) is 2.78. The highest BCUT2D eigenvalue weighted by Crippen LogP contribution is 2.24. The van der Waals surface area contributed by atoms with Crippen LogP contribution >= 0.6 is 11.3 Å². The molecule has 2 aromatic carbocycles. The molecule has 0 atom stereocenters. The molecule has 1 heterocycles. The van der Waals surface area contributed by atoms with Crippen LogP contribution in [0.3, 0.4) is 0 Å². The van der Waals surface area contributed by atoms with Crippen LogP contribution in [0.15, 0.2) is 46.6 Å². The maximum absolute atomic E-state index is 12.6. The number of anilines is 1. The van der Waals surface area contributed by atoms with Crippen molar-refractivity contribution >= 4 is 43.8 Å². The van der Waals surface area contributed by atoms with Crippen molar-refractivity contribution in [2.45, 2.75) is 6.92 Å². The Bertz CT molecular complexity index is 852. The van der Waals surface area contributed by atoms with E-state index in [0.717, 1.165) is 10.8 Å². The van der Waals surface area contributed by atoms with E-state index in [9.17, 15) is 9.59 Å². The van der Waals surface area contributed by atoms with Gasteiger partial charge in [0, 0.05) is 6.92 Å². The van der Waals surface area contributed by atoms with Gasteiger partial charge in [0.25, 0.3) is 0 Å².